The highest BCUT2D eigenvalue weighted by atomic mass is 79.9. The standard InChI is InChI=1S/C18H19BrN2O2/c1-13-6-8-16(9-7-13)20-18(23)10-11-21(14(2)22)17-5-3-4-15(19)12-17/h3-9,12H,10-11H2,1-2H3,(H,20,23). The van der Waals surface area contributed by atoms with E-state index in [1.807, 2.05) is 55.5 Å². The fourth-order valence-electron chi connectivity index (χ4n) is 2.19. The summed E-state index contributed by atoms with van der Waals surface area (Å²) in [7, 11) is 0. The van der Waals surface area contributed by atoms with Gasteiger partial charge in [0.2, 0.25) is 11.8 Å². The molecule has 0 spiro atoms. The molecule has 0 aliphatic rings. The van der Waals surface area contributed by atoms with Crippen molar-refractivity contribution in [2.24, 2.45) is 0 Å². The van der Waals surface area contributed by atoms with Crippen molar-refractivity contribution in [2.75, 3.05) is 16.8 Å². The summed E-state index contributed by atoms with van der Waals surface area (Å²) in [4.78, 5) is 25.5. The zero-order valence-electron chi connectivity index (χ0n) is 13.2. The summed E-state index contributed by atoms with van der Waals surface area (Å²) in [6, 6.07) is 15.1. The van der Waals surface area contributed by atoms with E-state index in [-0.39, 0.29) is 18.2 Å². The van der Waals surface area contributed by atoms with Crippen LogP contribution in [0.2, 0.25) is 0 Å². The highest BCUT2D eigenvalue weighted by Crippen LogP contribution is 2.20. The molecule has 5 heteroatoms. The number of anilines is 2. The van der Waals surface area contributed by atoms with Crippen LogP contribution in [0, 0.1) is 6.92 Å². The molecule has 0 fully saturated rings. The third-order valence-electron chi connectivity index (χ3n) is 3.40. The van der Waals surface area contributed by atoms with Gasteiger partial charge in [0.05, 0.1) is 0 Å². The van der Waals surface area contributed by atoms with Gasteiger partial charge in [-0.1, -0.05) is 39.7 Å². The maximum Gasteiger partial charge on any atom is 0.226 e. The first kappa shape index (κ1) is 17.2. The van der Waals surface area contributed by atoms with E-state index in [0.717, 1.165) is 21.4 Å². The number of halogens is 1. The summed E-state index contributed by atoms with van der Waals surface area (Å²) in [6.45, 7) is 3.83. The van der Waals surface area contributed by atoms with Crippen molar-refractivity contribution in [3.05, 3.63) is 58.6 Å². The van der Waals surface area contributed by atoms with E-state index in [4.69, 9.17) is 0 Å². The van der Waals surface area contributed by atoms with Crippen LogP contribution in [-0.4, -0.2) is 18.4 Å². The molecule has 4 nitrogen and oxygen atoms in total. The quantitative estimate of drug-likeness (QED) is 0.854. The second kappa shape index (κ2) is 7.92. The van der Waals surface area contributed by atoms with E-state index in [1.165, 1.54) is 6.92 Å². The first-order valence-corrected chi connectivity index (χ1v) is 8.15. The molecule has 0 unspecified atom stereocenters. The molecule has 0 aromatic heterocycles. The maximum absolute atomic E-state index is 12.1. The molecule has 2 amide bonds. The van der Waals surface area contributed by atoms with E-state index >= 15 is 0 Å². The van der Waals surface area contributed by atoms with E-state index in [0.29, 0.717) is 6.54 Å². The van der Waals surface area contributed by atoms with Gasteiger partial charge in [0.15, 0.2) is 0 Å². The third-order valence-corrected chi connectivity index (χ3v) is 3.89. The lowest BCUT2D eigenvalue weighted by Gasteiger charge is -2.21. The van der Waals surface area contributed by atoms with Crippen LogP contribution in [-0.2, 0) is 9.59 Å². The van der Waals surface area contributed by atoms with Crippen molar-refractivity contribution < 1.29 is 9.59 Å². The largest absolute Gasteiger partial charge is 0.326 e. The molecule has 120 valence electrons. The number of amides is 2. The minimum Gasteiger partial charge on any atom is -0.326 e. The smallest absolute Gasteiger partial charge is 0.226 e. The number of hydrogen-bond donors (Lipinski definition) is 1. The zero-order valence-corrected chi connectivity index (χ0v) is 14.8. The number of hydrogen-bond acceptors (Lipinski definition) is 2. The Kier molecular flexibility index (Phi) is 5.93. The van der Waals surface area contributed by atoms with Crippen LogP contribution >= 0.6 is 15.9 Å². The van der Waals surface area contributed by atoms with Crippen molar-refractivity contribution in [2.45, 2.75) is 20.3 Å². The molecular formula is C18H19BrN2O2. The summed E-state index contributed by atoms with van der Waals surface area (Å²) in [5.41, 5.74) is 2.67. The van der Waals surface area contributed by atoms with Gasteiger partial charge in [-0.05, 0) is 37.3 Å². The molecule has 0 aliphatic carbocycles. The highest BCUT2D eigenvalue weighted by Gasteiger charge is 2.13. The summed E-state index contributed by atoms with van der Waals surface area (Å²) < 4.78 is 0.894. The van der Waals surface area contributed by atoms with Crippen LogP contribution in [0.3, 0.4) is 0 Å². The Hall–Kier alpha value is -2.14. The van der Waals surface area contributed by atoms with E-state index in [1.54, 1.807) is 4.90 Å². The van der Waals surface area contributed by atoms with Crippen LogP contribution < -0.4 is 10.2 Å². The molecule has 0 atom stereocenters. The number of carbonyl (C=O) groups excluding carboxylic acids is 2. The van der Waals surface area contributed by atoms with Crippen LogP contribution in [0.1, 0.15) is 18.9 Å². The molecule has 23 heavy (non-hydrogen) atoms. The molecule has 0 radical (unpaired) electrons. The Labute approximate surface area is 144 Å². The normalized spacial score (nSPS) is 10.2. The van der Waals surface area contributed by atoms with Crippen molar-refractivity contribution >= 4 is 39.1 Å². The van der Waals surface area contributed by atoms with E-state index < -0.39 is 0 Å². The number of nitrogens with one attached hydrogen (secondary N) is 1. The number of carbonyl (C=O) groups is 2. The summed E-state index contributed by atoms with van der Waals surface area (Å²) >= 11 is 3.39. The molecular weight excluding hydrogens is 356 g/mol. The fourth-order valence-corrected chi connectivity index (χ4v) is 2.57. The minimum absolute atomic E-state index is 0.0914. The molecule has 0 heterocycles. The van der Waals surface area contributed by atoms with Crippen molar-refractivity contribution in [3.63, 3.8) is 0 Å². The average Bonchev–Trinajstić information content (AvgIpc) is 2.49. The van der Waals surface area contributed by atoms with Gasteiger partial charge in [0, 0.05) is 35.7 Å². The van der Waals surface area contributed by atoms with Crippen LogP contribution in [0.5, 0.6) is 0 Å². The summed E-state index contributed by atoms with van der Waals surface area (Å²) in [5, 5.41) is 2.84. The third kappa shape index (κ3) is 5.21. The van der Waals surface area contributed by atoms with Gasteiger partial charge >= 0.3 is 0 Å². The second-order valence-corrected chi connectivity index (χ2v) is 6.23. The fraction of sp³-hybridized carbons (Fsp3) is 0.222. The van der Waals surface area contributed by atoms with Gasteiger partial charge in [-0.15, -0.1) is 0 Å². The molecule has 2 rings (SSSR count). The van der Waals surface area contributed by atoms with Crippen LogP contribution in [0.4, 0.5) is 11.4 Å². The predicted octanol–water partition coefficient (Wildman–Crippen LogP) is 4.14. The number of nitrogens with zero attached hydrogens (tertiary/aromatic N) is 1. The van der Waals surface area contributed by atoms with Crippen molar-refractivity contribution in [3.8, 4) is 0 Å². The zero-order chi connectivity index (χ0) is 16.8. The second-order valence-electron chi connectivity index (χ2n) is 5.31. The molecule has 0 saturated heterocycles. The summed E-state index contributed by atoms with van der Waals surface area (Å²) in [5.74, 6) is -0.207. The van der Waals surface area contributed by atoms with Gasteiger partial charge in [0.1, 0.15) is 0 Å². The lowest BCUT2D eigenvalue weighted by Crippen LogP contribution is -2.31. The molecule has 2 aromatic rings. The number of rotatable bonds is 5. The molecule has 0 aliphatic heterocycles. The Morgan fingerprint density at radius 2 is 1.83 bits per heavy atom. The Balaban J connectivity index is 1.97. The minimum atomic E-state index is -0.116. The lowest BCUT2D eigenvalue weighted by atomic mass is 10.2. The van der Waals surface area contributed by atoms with E-state index in [2.05, 4.69) is 21.2 Å². The van der Waals surface area contributed by atoms with Gasteiger partial charge in [-0.25, -0.2) is 0 Å². The molecule has 0 bridgehead atoms. The summed E-state index contributed by atoms with van der Waals surface area (Å²) in [6.07, 6.45) is 0.236. The first-order chi connectivity index (χ1) is 11.0. The van der Waals surface area contributed by atoms with Crippen molar-refractivity contribution in [1.29, 1.82) is 0 Å². The molecule has 0 saturated carbocycles. The first-order valence-electron chi connectivity index (χ1n) is 7.36. The van der Waals surface area contributed by atoms with Gasteiger partial charge < -0.3 is 10.2 Å². The monoisotopic (exact) mass is 374 g/mol. The topological polar surface area (TPSA) is 49.4 Å². The number of aryl methyl sites for hydroxylation is 1. The molecule has 2 aromatic carbocycles. The van der Waals surface area contributed by atoms with E-state index in [9.17, 15) is 9.59 Å². The number of benzene rings is 2. The maximum atomic E-state index is 12.1. The van der Waals surface area contributed by atoms with Crippen molar-refractivity contribution in [1.82, 2.24) is 0 Å². The molecule has 1 N–H and O–H groups in total. The Bertz CT molecular complexity index is 698. The van der Waals surface area contributed by atoms with Crippen LogP contribution in [0.15, 0.2) is 53.0 Å². The SMILES string of the molecule is CC(=O)N(CCC(=O)Nc1ccc(C)cc1)c1cccc(Br)c1. The Morgan fingerprint density at radius 3 is 2.43 bits per heavy atom. The highest BCUT2D eigenvalue weighted by molar-refractivity contribution is 9.10. The average molecular weight is 375 g/mol. The van der Waals surface area contributed by atoms with Crippen LogP contribution in [0.25, 0.3) is 0 Å². The van der Waals surface area contributed by atoms with Gasteiger partial charge in [0.25, 0.3) is 0 Å². The lowest BCUT2D eigenvalue weighted by molar-refractivity contribution is -0.117. The predicted molar refractivity (Wildman–Crippen MR) is 96.6 cm³/mol. The van der Waals surface area contributed by atoms with Gasteiger partial charge in [-0.2, -0.15) is 0 Å². The Morgan fingerprint density at radius 1 is 1.13 bits per heavy atom. The van der Waals surface area contributed by atoms with Gasteiger partial charge in [-0.3, -0.25) is 9.59 Å².